The Balaban J connectivity index is 1.51. The van der Waals surface area contributed by atoms with Crippen LogP contribution in [0, 0.1) is 5.92 Å². The lowest BCUT2D eigenvalue weighted by molar-refractivity contribution is -0.139. The van der Waals surface area contributed by atoms with Crippen molar-refractivity contribution >= 4 is 15.7 Å². The summed E-state index contributed by atoms with van der Waals surface area (Å²) >= 11 is 0. The van der Waals surface area contributed by atoms with Crippen LogP contribution in [-0.4, -0.2) is 42.0 Å². The number of hydrogen-bond acceptors (Lipinski definition) is 4. The van der Waals surface area contributed by atoms with Crippen molar-refractivity contribution in [2.45, 2.75) is 80.3 Å². The van der Waals surface area contributed by atoms with Crippen molar-refractivity contribution in [2.24, 2.45) is 5.92 Å². The van der Waals surface area contributed by atoms with Crippen molar-refractivity contribution < 1.29 is 22.0 Å². The van der Waals surface area contributed by atoms with Gasteiger partial charge in [-0.1, -0.05) is 31.0 Å². The molecule has 1 aromatic heterocycles. The van der Waals surface area contributed by atoms with E-state index in [2.05, 4.69) is 4.98 Å². The summed E-state index contributed by atoms with van der Waals surface area (Å²) in [7, 11) is -3.87. The first-order chi connectivity index (χ1) is 16.4. The minimum absolute atomic E-state index is 0.0819. The Hall–Kier alpha value is -2.35. The summed E-state index contributed by atoms with van der Waals surface area (Å²) in [5, 5.41) is 0. The lowest BCUT2D eigenvalue weighted by Gasteiger charge is -2.43. The maximum absolute atomic E-state index is 13.8. The molecule has 1 aliphatic carbocycles. The molecule has 1 aliphatic heterocycles. The summed E-state index contributed by atoms with van der Waals surface area (Å²) in [4.78, 5) is 19.8. The molecule has 0 unspecified atom stereocenters. The van der Waals surface area contributed by atoms with Crippen LogP contribution in [0.1, 0.15) is 70.4 Å². The highest BCUT2D eigenvalue weighted by Gasteiger charge is 2.48. The molecule has 5 nitrogen and oxygen atoms in total. The molecule has 0 spiro atoms. The summed E-state index contributed by atoms with van der Waals surface area (Å²) in [6.07, 6.45) is 8.19. The van der Waals surface area contributed by atoms with Crippen molar-refractivity contribution in [3.8, 4) is 0 Å². The molecular weight excluding hydrogens is 470 g/mol. The maximum Gasteiger partial charge on any atom is 0.270 e. The molecule has 0 atom stereocenters. The highest BCUT2D eigenvalue weighted by atomic mass is 32.2. The minimum atomic E-state index is -3.87. The van der Waals surface area contributed by atoms with E-state index < -0.39 is 25.9 Å². The average Bonchev–Trinajstić information content (AvgIpc) is 3.35. The van der Waals surface area contributed by atoms with Crippen molar-refractivity contribution in [3.05, 3.63) is 59.9 Å². The van der Waals surface area contributed by atoms with Gasteiger partial charge in [0.25, 0.3) is 5.92 Å². The van der Waals surface area contributed by atoms with E-state index in [-0.39, 0.29) is 22.3 Å². The number of alkyl halides is 2. The number of pyridine rings is 1. The lowest BCUT2D eigenvalue weighted by atomic mass is 9.77. The second-order valence-electron chi connectivity index (χ2n) is 10.6. The van der Waals surface area contributed by atoms with E-state index in [1.807, 2.05) is 17.0 Å². The van der Waals surface area contributed by atoms with E-state index in [4.69, 9.17) is 0 Å². The highest BCUT2D eigenvalue weighted by Crippen LogP contribution is 2.44. The van der Waals surface area contributed by atoms with Crippen LogP contribution in [0.15, 0.2) is 53.7 Å². The molecule has 1 saturated heterocycles. The van der Waals surface area contributed by atoms with Crippen LogP contribution in [0.25, 0.3) is 0 Å². The van der Waals surface area contributed by atoms with Gasteiger partial charge in [0.1, 0.15) is 0 Å². The molecular formula is C27H34F2N2O3S. The van der Waals surface area contributed by atoms with Crippen molar-refractivity contribution in [1.82, 2.24) is 9.88 Å². The third-order valence-corrected chi connectivity index (χ3v) is 10.8. The zero-order chi connectivity index (χ0) is 25.5. The molecule has 1 amide bonds. The van der Waals surface area contributed by atoms with Gasteiger partial charge in [-0.05, 0) is 69.2 Å². The van der Waals surface area contributed by atoms with Crippen molar-refractivity contribution in [1.29, 1.82) is 0 Å². The van der Waals surface area contributed by atoms with Gasteiger partial charge in [0, 0.05) is 38.0 Å². The Morgan fingerprint density at radius 2 is 1.71 bits per heavy atom. The van der Waals surface area contributed by atoms with Gasteiger partial charge in [-0.15, -0.1) is 0 Å². The minimum Gasteiger partial charge on any atom is -0.342 e. The van der Waals surface area contributed by atoms with E-state index in [1.165, 1.54) is 18.2 Å². The van der Waals surface area contributed by atoms with Gasteiger partial charge in [-0.3, -0.25) is 9.78 Å². The van der Waals surface area contributed by atoms with Gasteiger partial charge < -0.3 is 4.90 Å². The topological polar surface area (TPSA) is 67.3 Å². The number of likely N-dealkylation sites (tertiary alicyclic amines) is 1. The molecule has 4 rings (SSSR count). The summed E-state index contributed by atoms with van der Waals surface area (Å²) in [5.74, 6) is -3.20. The Morgan fingerprint density at radius 1 is 1.06 bits per heavy atom. The highest BCUT2D eigenvalue weighted by molar-refractivity contribution is 7.92. The maximum atomic E-state index is 13.8. The van der Waals surface area contributed by atoms with E-state index >= 15 is 0 Å². The SMILES string of the molecule is CC(F)(F)c1cccc(S(=O)(=O)C(C)(C)C2CCN(C(=O)C3(c4cccnc4)CCCC3)CC2)c1. The lowest BCUT2D eigenvalue weighted by Crippen LogP contribution is -2.52. The summed E-state index contributed by atoms with van der Waals surface area (Å²) in [6.45, 7) is 5.08. The first-order valence-electron chi connectivity index (χ1n) is 12.3. The van der Waals surface area contributed by atoms with Crippen LogP contribution < -0.4 is 0 Å². The fraction of sp³-hybridized carbons (Fsp3) is 0.556. The molecule has 0 bridgehead atoms. The van der Waals surface area contributed by atoms with Gasteiger partial charge in [0.05, 0.1) is 15.1 Å². The molecule has 1 saturated carbocycles. The summed E-state index contributed by atoms with van der Waals surface area (Å²) in [6, 6.07) is 8.95. The number of rotatable bonds is 6. The second kappa shape index (κ2) is 9.26. The first-order valence-corrected chi connectivity index (χ1v) is 13.8. The Bertz CT molecular complexity index is 1160. The molecule has 8 heteroatoms. The van der Waals surface area contributed by atoms with E-state index in [0.717, 1.165) is 44.2 Å². The standard InChI is InChI=1S/C27H34F2N2O3S/c1-25(2,35(33,34)23-10-6-8-21(18-23)26(3,28)29)20-11-16-31(17-12-20)24(32)27(13-4-5-14-27)22-9-7-15-30-19-22/h6-10,15,18-20H,4-5,11-14,16-17H2,1-3H3. The van der Waals surface area contributed by atoms with Crippen LogP contribution in [0.3, 0.4) is 0 Å². The predicted molar refractivity (Wildman–Crippen MR) is 131 cm³/mol. The summed E-state index contributed by atoms with van der Waals surface area (Å²) < 4.78 is 53.6. The van der Waals surface area contributed by atoms with E-state index in [9.17, 15) is 22.0 Å². The number of carbonyl (C=O) groups excluding carboxylic acids is 1. The number of aromatic nitrogens is 1. The number of sulfone groups is 1. The molecule has 190 valence electrons. The predicted octanol–water partition coefficient (Wildman–Crippen LogP) is 5.50. The normalized spacial score (nSPS) is 19.6. The van der Waals surface area contributed by atoms with Crippen LogP contribution >= 0.6 is 0 Å². The number of piperidine rings is 1. The Labute approximate surface area is 206 Å². The van der Waals surface area contributed by atoms with Gasteiger partial charge in [0.15, 0.2) is 9.84 Å². The van der Waals surface area contributed by atoms with Gasteiger partial charge in [-0.2, -0.15) is 0 Å². The summed E-state index contributed by atoms with van der Waals surface area (Å²) in [5.41, 5.74) is 0.0984. The van der Waals surface area contributed by atoms with Crippen LogP contribution in [0.4, 0.5) is 8.78 Å². The molecule has 2 fully saturated rings. The molecule has 0 N–H and O–H groups in total. The number of benzene rings is 1. The monoisotopic (exact) mass is 504 g/mol. The van der Waals surface area contributed by atoms with Gasteiger partial charge >= 0.3 is 0 Å². The number of halogens is 2. The Morgan fingerprint density at radius 3 is 2.29 bits per heavy atom. The largest absolute Gasteiger partial charge is 0.342 e. The second-order valence-corrected chi connectivity index (χ2v) is 13.2. The molecule has 2 aliphatic rings. The first kappa shape index (κ1) is 25.7. The smallest absolute Gasteiger partial charge is 0.270 e. The number of nitrogens with zero attached hydrogens (tertiary/aromatic N) is 2. The number of amides is 1. The van der Waals surface area contributed by atoms with Gasteiger partial charge in [0.2, 0.25) is 5.91 Å². The molecule has 0 radical (unpaired) electrons. The Kier molecular flexibility index (Phi) is 6.81. The number of carbonyl (C=O) groups is 1. The van der Waals surface area contributed by atoms with Crippen LogP contribution in [-0.2, 0) is 26.0 Å². The van der Waals surface area contributed by atoms with Crippen molar-refractivity contribution in [2.75, 3.05) is 13.1 Å². The third-order valence-electron chi connectivity index (χ3n) is 8.19. The van der Waals surface area contributed by atoms with E-state index in [0.29, 0.717) is 25.9 Å². The molecule has 2 heterocycles. The molecule has 2 aromatic rings. The zero-order valence-corrected chi connectivity index (χ0v) is 21.5. The van der Waals surface area contributed by atoms with Gasteiger partial charge in [-0.25, -0.2) is 17.2 Å². The zero-order valence-electron chi connectivity index (χ0n) is 20.6. The molecule has 35 heavy (non-hydrogen) atoms. The van der Waals surface area contributed by atoms with Crippen LogP contribution in [0.2, 0.25) is 0 Å². The fourth-order valence-corrected chi connectivity index (χ4v) is 7.61. The average molecular weight is 505 g/mol. The molecule has 1 aromatic carbocycles. The van der Waals surface area contributed by atoms with Crippen LogP contribution in [0.5, 0.6) is 0 Å². The quantitative estimate of drug-likeness (QED) is 0.521. The number of hydrogen-bond donors (Lipinski definition) is 0. The van der Waals surface area contributed by atoms with Crippen molar-refractivity contribution in [3.63, 3.8) is 0 Å². The third kappa shape index (κ3) is 4.61. The fourth-order valence-electron chi connectivity index (χ4n) is 5.79. The van der Waals surface area contributed by atoms with E-state index in [1.54, 1.807) is 26.2 Å².